The second-order valence-electron chi connectivity index (χ2n) is 5.90. The summed E-state index contributed by atoms with van der Waals surface area (Å²) in [6, 6.07) is 8.26. The topological polar surface area (TPSA) is 101 Å². The second-order valence-corrected chi connectivity index (χ2v) is 10.3. The molecule has 0 bridgehead atoms. The van der Waals surface area contributed by atoms with Crippen molar-refractivity contribution in [2.24, 2.45) is 0 Å². The molecule has 0 aliphatic carbocycles. The van der Waals surface area contributed by atoms with Gasteiger partial charge in [-0.2, -0.15) is 0 Å². The number of aryl methyl sites for hydroxylation is 1. The monoisotopic (exact) mass is 448 g/mol. The Hall–Kier alpha value is -1.81. The van der Waals surface area contributed by atoms with Gasteiger partial charge in [-0.15, -0.1) is 0 Å². The van der Waals surface area contributed by atoms with Crippen molar-refractivity contribution in [1.29, 1.82) is 0 Å². The van der Waals surface area contributed by atoms with Crippen LogP contribution in [0.3, 0.4) is 0 Å². The molecule has 0 aromatic heterocycles. The summed E-state index contributed by atoms with van der Waals surface area (Å²) in [6.45, 7) is 1.56. The van der Waals surface area contributed by atoms with Crippen molar-refractivity contribution in [3.8, 4) is 0 Å². The van der Waals surface area contributed by atoms with E-state index in [2.05, 4.69) is 4.72 Å². The molecular weight excluding hydrogens is 435 g/mol. The zero-order valence-corrected chi connectivity index (χ0v) is 17.1. The molecule has 7 nitrogen and oxygen atoms in total. The highest BCUT2D eigenvalue weighted by molar-refractivity contribution is 7.94. The van der Waals surface area contributed by atoms with Crippen LogP contribution in [0.2, 0.25) is 10.0 Å². The smallest absolute Gasteiger partial charge is 0.262 e. The number of rotatable bonds is 4. The summed E-state index contributed by atoms with van der Waals surface area (Å²) >= 11 is 11.8. The molecule has 0 radical (unpaired) electrons. The number of carbonyl (C=O) groups is 1. The highest BCUT2D eigenvalue weighted by Gasteiger charge is 2.37. The Kier molecular flexibility index (Phi) is 5.15. The van der Waals surface area contributed by atoms with Gasteiger partial charge in [-0.1, -0.05) is 29.3 Å². The van der Waals surface area contributed by atoms with Crippen LogP contribution in [0.1, 0.15) is 12.0 Å². The first-order chi connectivity index (χ1) is 12.5. The third kappa shape index (κ3) is 3.91. The SMILES string of the molecule is Cc1ccc(N2C(=O)CCS2(=O)=O)cc1S(=O)(=O)Nc1ccc(Cl)cc1Cl. The molecule has 27 heavy (non-hydrogen) atoms. The van der Waals surface area contributed by atoms with Crippen LogP contribution in [-0.2, 0) is 24.8 Å². The lowest BCUT2D eigenvalue weighted by molar-refractivity contribution is -0.116. The number of nitrogens with one attached hydrogen (secondary N) is 1. The standard InChI is InChI=1S/C16H14Cl2N2O5S2/c1-10-2-4-12(20-16(21)6-7-26(20,22)23)9-15(10)27(24,25)19-14-5-3-11(17)8-13(14)18/h2-5,8-9,19H,6-7H2,1H3. The van der Waals surface area contributed by atoms with Gasteiger partial charge in [0.2, 0.25) is 15.9 Å². The van der Waals surface area contributed by atoms with E-state index in [9.17, 15) is 21.6 Å². The van der Waals surface area contributed by atoms with Crippen LogP contribution in [0.4, 0.5) is 11.4 Å². The number of benzene rings is 2. The average Bonchev–Trinajstić information content (AvgIpc) is 2.84. The maximum absolute atomic E-state index is 12.8. The summed E-state index contributed by atoms with van der Waals surface area (Å²) in [6.07, 6.45) is -0.142. The fourth-order valence-electron chi connectivity index (χ4n) is 2.65. The third-order valence-electron chi connectivity index (χ3n) is 3.95. The molecule has 1 amide bonds. The van der Waals surface area contributed by atoms with Crippen molar-refractivity contribution in [3.63, 3.8) is 0 Å². The van der Waals surface area contributed by atoms with Crippen LogP contribution in [0.25, 0.3) is 0 Å². The van der Waals surface area contributed by atoms with Crippen molar-refractivity contribution >= 4 is 60.5 Å². The van der Waals surface area contributed by atoms with Gasteiger partial charge in [-0.05, 0) is 42.8 Å². The summed E-state index contributed by atoms with van der Waals surface area (Å²) in [4.78, 5) is 11.8. The summed E-state index contributed by atoms with van der Waals surface area (Å²) < 4.78 is 52.8. The minimum absolute atomic E-state index is 0.0225. The Labute approximate surface area is 167 Å². The van der Waals surface area contributed by atoms with Gasteiger partial charge in [0.05, 0.1) is 27.0 Å². The molecule has 2 aromatic carbocycles. The molecular formula is C16H14Cl2N2O5S2. The molecule has 0 atom stereocenters. The quantitative estimate of drug-likeness (QED) is 0.773. The van der Waals surface area contributed by atoms with Crippen molar-refractivity contribution in [2.75, 3.05) is 14.8 Å². The molecule has 1 aliphatic heterocycles. The predicted molar refractivity (Wildman–Crippen MR) is 104 cm³/mol. The number of carbonyl (C=O) groups excluding carboxylic acids is 1. The zero-order chi connectivity index (χ0) is 20.0. The first-order valence-corrected chi connectivity index (χ1v) is 11.5. The highest BCUT2D eigenvalue weighted by Crippen LogP contribution is 2.32. The van der Waals surface area contributed by atoms with E-state index in [1.165, 1.54) is 30.3 Å². The highest BCUT2D eigenvalue weighted by atomic mass is 35.5. The summed E-state index contributed by atoms with van der Waals surface area (Å²) in [7, 11) is -7.90. The largest absolute Gasteiger partial charge is 0.278 e. The van der Waals surface area contributed by atoms with Gasteiger partial charge in [0.25, 0.3) is 10.0 Å². The Morgan fingerprint density at radius 3 is 2.41 bits per heavy atom. The van der Waals surface area contributed by atoms with E-state index in [-0.39, 0.29) is 33.5 Å². The average molecular weight is 449 g/mol. The van der Waals surface area contributed by atoms with Gasteiger partial charge in [0, 0.05) is 11.4 Å². The van der Waals surface area contributed by atoms with Crippen LogP contribution in [-0.4, -0.2) is 28.5 Å². The van der Waals surface area contributed by atoms with Gasteiger partial charge in [-0.3, -0.25) is 9.52 Å². The van der Waals surface area contributed by atoms with Crippen molar-refractivity contribution in [3.05, 3.63) is 52.0 Å². The lowest BCUT2D eigenvalue weighted by Crippen LogP contribution is -2.29. The van der Waals surface area contributed by atoms with Gasteiger partial charge in [0.15, 0.2) is 0 Å². The number of hydrogen-bond acceptors (Lipinski definition) is 5. The number of nitrogens with zero attached hydrogens (tertiary/aromatic N) is 1. The minimum Gasteiger partial charge on any atom is -0.278 e. The van der Waals surface area contributed by atoms with E-state index in [4.69, 9.17) is 23.2 Å². The Morgan fingerprint density at radius 2 is 1.81 bits per heavy atom. The van der Waals surface area contributed by atoms with Gasteiger partial charge in [0.1, 0.15) is 0 Å². The Bertz CT molecular complexity index is 1150. The lowest BCUT2D eigenvalue weighted by Gasteiger charge is -2.18. The lowest BCUT2D eigenvalue weighted by atomic mass is 10.2. The molecule has 1 heterocycles. The van der Waals surface area contributed by atoms with Gasteiger partial charge >= 0.3 is 0 Å². The first kappa shape index (κ1) is 19.9. The van der Waals surface area contributed by atoms with Crippen LogP contribution in [0.15, 0.2) is 41.3 Å². The van der Waals surface area contributed by atoms with Crippen LogP contribution < -0.4 is 9.03 Å². The summed E-state index contributed by atoms with van der Waals surface area (Å²) in [5, 5.41) is 0.455. The minimum atomic E-state index is -4.10. The Balaban J connectivity index is 2.04. The van der Waals surface area contributed by atoms with E-state index in [0.717, 1.165) is 6.07 Å². The van der Waals surface area contributed by atoms with E-state index in [1.807, 2.05) is 0 Å². The number of sulfonamides is 2. The maximum atomic E-state index is 12.8. The number of amides is 1. The van der Waals surface area contributed by atoms with Crippen molar-refractivity contribution in [2.45, 2.75) is 18.2 Å². The van der Waals surface area contributed by atoms with Crippen molar-refractivity contribution < 1.29 is 21.6 Å². The fourth-order valence-corrected chi connectivity index (χ4v) is 5.95. The molecule has 11 heteroatoms. The molecule has 1 N–H and O–H groups in total. The molecule has 1 saturated heterocycles. The van der Waals surface area contributed by atoms with Crippen LogP contribution in [0.5, 0.6) is 0 Å². The third-order valence-corrected chi connectivity index (χ3v) is 7.70. The van der Waals surface area contributed by atoms with Gasteiger partial charge < -0.3 is 0 Å². The number of halogens is 2. The van der Waals surface area contributed by atoms with Crippen LogP contribution in [0, 0.1) is 6.92 Å². The normalized spacial score (nSPS) is 16.6. The maximum Gasteiger partial charge on any atom is 0.262 e. The molecule has 0 unspecified atom stereocenters. The second kappa shape index (κ2) is 6.97. The van der Waals surface area contributed by atoms with Gasteiger partial charge in [-0.25, -0.2) is 21.1 Å². The Morgan fingerprint density at radius 1 is 1.11 bits per heavy atom. The first-order valence-electron chi connectivity index (χ1n) is 7.66. The molecule has 0 spiro atoms. The van der Waals surface area contributed by atoms with E-state index >= 15 is 0 Å². The van der Waals surface area contributed by atoms with E-state index < -0.39 is 26.0 Å². The molecule has 0 saturated carbocycles. The fraction of sp³-hybridized carbons (Fsp3) is 0.188. The summed E-state index contributed by atoms with van der Waals surface area (Å²) in [5.41, 5.74) is 0.474. The van der Waals surface area contributed by atoms with E-state index in [1.54, 1.807) is 6.92 Å². The predicted octanol–water partition coefficient (Wildman–Crippen LogP) is 3.17. The zero-order valence-electron chi connectivity index (χ0n) is 13.9. The van der Waals surface area contributed by atoms with E-state index in [0.29, 0.717) is 14.9 Å². The molecule has 1 aliphatic rings. The van der Waals surface area contributed by atoms with Crippen LogP contribution >= 0.6 is 23.2 Å². The van der Waals surface area contributed by atoms with Crippen molar-refractivity contribution in [1.82, 2.24) is 0 Å². The molecule has 1 fully saturated rings. The molecule has 144 valence electrons. The molecule has 3 rings (SSSR count). The number of hydrogen-bond donors (Lipinski definition) is 1. The number of anilines is 2. The molecule has 2 aromatic rings. The summed E-state index contributed by atoms with van der Waals surface area (Å²) in [5.74, 6) is -0.906.